The van der Waals surface area contributed by atoms with E-state index in [9.17, 15) is 0 Å². The minimum Gasteiger partial charge on any atom is -0.438 e. The van der Waals surface area contributed by atoms with Crippen LogP contribution in [0.4, 0.5) is 5.69 Å². The van der Waals surface area contributed by atoms with Gasteiger partial charge in [-0.05, 0) is 29.8 Å². The molecule has 0 unspecified atom stereocenters. The molecule has 2 aromatic carbocycles. The SMILES string of the molecule is Nc1cccc2oc(COCc3cccc(Br)c3)nc12. The number of benzene rings is 2. The second-order valence-corrected chi connectivity index (χ2v) is 5.34. The van der Waals surface area contributed by atoms with Gasteiger partial charge >= 0.3 is 0 Å². The Balaban J connectivity index is 1.67. The molecule has 1 heterocycles. The number of nitrogens with zero attached hydrogens (tertiary/aromatic N) is 1. The van der Waals surface area contributed by atoms with E-state index in [0.717, 1.165) is 10.0 Å². The molecule has 0 saturated carbocycles. The Morgan fingerprint density at radius 1 is 1.15 bits per heavy atom. The van der Waals surface area contributed by atoms with Gasteiger partial charge in [-0.3, -0.25) is 0 Å². The lowest BCUT2D eigenvalue weighted by Gasteiger charge is -2.02. The minimum atomic E-state index is 0.320. The van der Waals surface area contributed by atoms with Crippen LogP contribution in [0.1, 0.15) is 11.5 Å². The third-order valence-electron chi connectivity index (χ3n) is 2.88. The highest BCUT2D eigenvalue weighted by Crippen LogP contribution is 2.21. The van der Waals surface area contributed by atoms with Gasteiger partial charge in [0.1, 0.15) is 12.1 Å². The summed E-state index contributed by atoms with van der Waals surface area (Å²) in [6.07, 6.45) is 0. The molecule has 0 spiro atoms. The molecule has 0 fully saturated rings. The number of rotatable bonds is 4. The van der Waals surface area contributed by atoms with E-state index < -0.39 is 0 Å². The first-order chi connectivity index (χ1) is 9.72. The molecule has 5 heteroatoms. The summed E-state index contributed by atoms with van der Waals surface area (Å²) in [6, 6.07) is 13.5. The Kier molecular flexibility index (Phi) is 3.71. The first-order valence-corrected chi connectivity index (χ1v) is 6.98. The maximum Gasteiger partial charge on any atom is 0.221 e. The number of oxazole rings is 1. The van der Waals surface area contributed by atoms with Crippen LogP contribution in [-0.2, 0) is 18.0 Å². The summed E-state index contributed by atoms with van der Waals surface area (Å²) in [6.45, 7) is 0.828. The van der Waals surface area contributed by atoms with Crippen molar-refractivity contribution in [2.24, 2.45) is 0 Å². The maximum absolute atomic E-state index is 5.84. The standard InChI is InChI=1S/C15H13BrN2O2/c16-11-4-1-3-10(7-11)8-19-9-14-18-15-12(17)5-2-6-13(15)20-14/h1-7H,8-9,17H2. The highest BCUT2D eigenvalue weighted by atomic mass is 79.9. The molecule has 0 aliphatic rings. The summed E-state index contributed by atoms with van der Waals surface area (Å²) in [5, 5.41) is 0. The largest absolute Gasteiger partial charge is 0.438 e. The van der Waals surface area contributed by atoms with Crippen molar-refractivity contribution in [1.82, 2.24) is 4.98 Å². The van der Waals surface area contributed by atoms with E-state index in [-0.39, 0.29) is 0 Å². The van der Waals surface area contributed by atoms with Crippen LogP contribution in [0.25, 0.3) is 11.1 Å². The molecule has 4 nitrogen and oxygen atoms in total. The van der Waals surface area contributed by atoms with Crippen molar-refractivity contribution in [3.05, 3.63) is 58.4 Å². The van der Waals surface area contributed by atoms with Gasteiger partial charge in [0.05, 0.1) is 12.3 Å². The molecule has 0 aliphatic carbocycles. The number of hydrogen-bond acceptors (Lipinski definition) is 4. The summed E-state index contributed by atoms with van der Waals surface area (Å²) < 4.78 is 12.2. The van der Waals surface area contributed by atoms with Crippen LogP contribution in [0.5, 0.6) is 0 Å². The molecule has 1 aromatic heterocycles. The normalized spacial score (nSPS) is 11.1. The van der Waals surface area contributed by atoms with Crippen molar-refractivity contribution >= 4 is 32.7 Å². The number of nitrogen functional groups attached to an aromatic ring is 1. The Hall–Kier alpha value is -1.85. The molecule has 0 bridgehead atoms. The van der Waals surface area contributed by atoms with E-state index in [1.54, 1.807) is 6.07 Å². The number of anilines is 1. The Morgan fingerprint density at radius 3 is 2.80 bits per heavy atom. The molecule has 102 valence electrons. The van der Waals surface area contributed by atoms with E-state index in [4.69, 9.17) is 14.9 Å². The van der Waals surface area contributed by atoms with E-state index in [1.165, 1.54) is 0 Å². The molecule has 3 rings (SSSR count). The number of fused-ring (bicyclic) bond motifs is 1. The number of nitrogens with two attached hydrogens (primary N) is 1. The van der Waals surface area contributed by atoms with E-state index >= 15 is 0 Å². The van der Waals surface area contributed by atoms with Crippen molar-refractivity contribution in [2.45, 2.75) is 13.2 Å². The molecule has 0 amide bonds. The summed E-state index contributed by atoms with van der Waals surface area (Å²) in [7, 11) is 0. The maximum atomic E-state index is 5.84. The predicted octanol–water partition coefficient (Wildman–Crippen LogP) is 3.89. The molecule has 0 radical (unpaired) electrons. The van der Waals surface area contributed by atoms with Crippen molar-refractivity contribution in [3.8, 4) is 0 Å². The van der Waals surface area contributed by atoms with Crippen LogP contribution in [0.15, 0.2) is 51.4 Å². The lowest BCUT2D eigenvalue weighted by atomic mass is 10.2. The van der Waals surface area contributed by atoms with E-state index in [2.05, 4.69) is 20.9 Å². The van der Waals surface area contributed by atoms with Crippen LogP contribution in [0.3, 0.4) is 0 Å². The monoisotopic (exact) mass is 332 g/mol. The summed E-state index contributed by atoms with van der Waals surface area (Å²) in [5.74, 6) is 0.535. The Morgan fingerprint density at radius 2 is 2.00 bits per heavy atom. The third-order valence-corrected chi connectivity index (χ3v) is 3.37. The number of ether oxygens (including phenoxy) is 1. The molecule has 3 aromatic rings. The highest BCUT2D eigenvalue weighted by molar-refractivity contribution is 9.10. The second kappa shape index (κ2) is 5.64. The van der Waals surface area contributed by atoms with Gasteiger partial charge in [0.2, 0.25) is 5.89 Å². The van der Waals surface area contributed by atoms with Crippen molar-refractivity contribution in [1.29, 1.82) is 0 Å². The molecule has 0 saturated heterocycles. The smallest absolute Gasteiger partial charge is 0.221 e. The fraction of sp³-hybridized carbons (Fsp3) is 0.133. The zero-order chi connectivity index (χ0) is 13.9. The zero-order valence-electron chi connectivity index (χ0n) is 10.7. The van der Waals surface area contributed by atoms with Gasteiger partial charge in [-0.15, -0.1) is 0 Å². The van der Waals surface area contributed by atoms with Gasteiger partial charge < -0.3 is 14.9 Å². The van der Waals surface area contributed by atoms with Gasteiger partial charge in [-0.2, -0.15) is 0 Å². The van der Waals surface area contributed by atoms with Crippen LogP contribution < -0.4 is 5.73 Å². The lowest BCUT2D eigenvalue weighted by molar-refractivity contribution is 0.0906. The summed E-state index contributed by atoms with van der Waals surface area (Å²) >= 11 is 3.43. The topological polar surface area (TPSA) is 61.3 Å². The average molecular weight is 333 g/mol. The van der Waals surface area contributed by atoms with Crippen LogP contribution in [-0.4, -0.2) is 4.98 Å². The van der Waals surface area contributed by atoms with Gasteiger partial charge in [-0.1, -0.05) is 34.1 Å². The fourth-order valence-corrected chi connectivity index (χ4v) is 2.41. The fourth-order valence-electron chi connectivity index (χ4n) is 1.96. The molecule has 20 heavy (non-hydrogen) atoms. The van der Waals surface area contributed by atoms with Crippen LogP contribution in [0.2, 0.25) is 0 Å². The molecule has 0 aliphatic heterocycles. The molecular weight excluding hydrogens is 320 g/mol. The van der Waals surface area contributed by atoms with Crippen molar-refractivity contribution < 1.29 is 9.15 Å². The predicted molar refractivity (Wildman–Crippen MR) is 81.1 cm³/mol. The first kappa shape index (κ1) is 13.1. The number of hydrogen-bond donors (Lipinski definition) is 1. The van der Waals surface area contributed by atoms with E-state index in [0.29, 0.717) is 35.9 Å². The van der Waals surface area contributed by atoms with Gasteiger partial charge in [0, 0.05) is 4.47 Å². The van der Waals surface area contributed by atoms with Crippen molar-refractivity contribution in [2.75, 3.05) is 5.73 Å². The first-order valence-electron chi connectivity index (χ1n) is 6.18. The Bertz CT molecular complexity index is 740. The van der Waals surface area contributed by atoms with Gasteiger partial charge in [-0.25, -0.2) is 4.98 Å². The zero-order valence-corrected chi connectivity index (χ0v) is 12.3. The minimum absolute atomic E-state index is 0.320. The summed E-state index contributed by atoms with van der Waals surface area (Å²) in [4.78, 5) is 4.34. The highest BCUT2D eigenvalue weighted by Gasteiger charge is 2.08. The van der Waals surface area contributed by atoms with Gasteiger partial charge in [0.25, 0.3) is 0 Å². The van der Waals surface area contributed by atoms with Crippen LogP contribution >= 0.6 is 15.9 Å². The van der Waals surface area contributed by atoms with Crippen LogP contribution in [0, 0.1) is 0 Å². The average Bonchev–Trinajstić information content (AvgIpc) is 2.83. The Labute approximate surface area is 124 Å². The third kappa shape index (κ3) is 2.84. The van der Waals surface area contributed by atoms with Gasteiger partial charge in [0.15, 0.2) is 5.58 Å². The van der Waals surface area contributed by atoms with E-state index in [1.807, 2.05) is 36.4 Å². The molecular formula is C15H13BrN2O2. The second-order valence-electron chi connectivity index (χ2n) is 4.42. The number of para-hydroxylation sites is 1. The quantitative estimate of drug-likeness (QED) is 0.736. The van der Waals surface area contributed by atoms with Crippen molar-refractivity contribution in [3.63, 3.8) is 0 Å². The molecule has 2 N–H and O–H groups in total. The lowest BCUT2D eigenvalue weighted by Crippen LogP contribution is -1.94. The number of halogens is 1. The number of aromatic nitrogens is 1. The molecule has 0 atom stereocenters. The summed E-state index contributed by atoms with van der Waals surface area (Å²) in [5.41, 5.74) is 8.92.